The normalized spacial score (nSPS) is 12.9. The molecule has 1 aliphatic rings. The van der Waals surface area contributed by atoms with Crippen molar-refractivity contribution in [2.75, 3.05) is 0 Å². The van der Waals surface area contributed by atoms with Crippen molar-refractivity contribution in [3.63, 3.8) is 0 Å². The summed E-state index contributed by atoms with van der Waals surface area (Å²) in [5.74, 6) is 1.05. The minimum absolute atomic E-state index is 0. The molecule has 0 N–H and O–H groups in total. The first-order valence-electron chi connectivity index (χ1n) is 23.0. The fourth-order valence-electron chi connectivity index (χ4n) is 8.66. The Labute approximate surface area is 414 Å². The van der Waals surface area contributed by atoms with E-state index in [9.17, 15) is 0 Å². The second-order valence-corrected chi connectivity index (χ2v) is 21.1. The van der Waals surface area contributed by atoms with Crippen LogP contribution in [-0.4, -0.2) is 3.21 Å². The summed E-state index contributed by atoms with van der Waals surface area (Å²) in [6.45, 7) is 23.5. The fourth-order valence-corrected chi connectivity index (χ4v) is 9.67. The van der Waals surface area contributed by atoms with E-state index >= 15 is 0 Å². The number of hydrogen-bond acceptors (Lipinski definition) is 0. The van der Waals surface area contributed by atoms with Gasteiger partial charge in [0.25, 0.3) is 0 Å². The van der Waals surface area contributed by atoms with Crippen molar-refractivity contribution in [3.8, 4) is 22.3 Å². The quantitative estimate of drug-likeness (QED) is 0.120. The Bertz CT molecular complexity index is 2450. The maximum absolute atomic E-state index is 2.99. The molecule has 0 aromatic heterocycles. The molecule has 0 heterocycles. The number of hydrogen-bond donors (Lipinski definition) is 0. The van der Waals surface area contributed by atoms with E-state index in [1.54, 1.807) is 27.4 Å². The molecule has 2 unspecified atom stereocenters. The van der Waals surface area contributed by atoms with Gasteiger partial charge in [-0.15, -0.1) is 46.2 Å². The Morgan fingerprint density at radius 2 is 0.953 bits per heavy atom. The molecule has 1 aliphatic carbocycles. The first kappa shape index (κ1) is 52.6. The number of allylic oxidation sites excluding steroid dienone is 4. The van der Waals surface area contributed by atoms with E-state index in [0.717, 1.165) is 32.1 Å². The third-order valence-electron chi connectivity index (χ3n) is 12.5. The van der Waals surface area contributed by atoms with E-state index in [1.807, 2.05) is 12.2 Å². The van der Waals surface area contributed by atoms with Gasteiger partial charge in [0.15, 0.2) is 0 Å². The van der Waals surface area contributed by atoms with Gasteiger partial charge in [0.1, 0.15) is 0 Å². The van der Waals surface area contributed by atoms with E-state index < -0.39 is 0 Å². The first-order chi connectivity index (χ1) is 29.7. The summed E-state index contributed by atoms with van der Waals surface area (Å²) in [4.78, 5) is 0. The molecule has 2 atom stereocenters. The van der Waals surface area contributed by atoms with Crippen LogP contribution >= 0.6 is 0 Å². The Morgan fingerprint density at radius 1 is 0.562 bits per heavy atom. The third kappa shape index (κ3) is 13.3. The van der Waals surface area contributed by atoms with E-state index in [1.165, 1.54) is 77.2 Å². The standard InChI is InChI=1S/C41H49.C15H14.C5H5.2ClH.Zr/c1-11-26(3)30-17-13-15-19-32(30)36-22-28-21-29-23-37(33-20-16-14-18-31(33)27(4)12-2)39(41(8,9)10)25-35(29)34(28)24-38(36)40(5,6)7;1-3-8-14(9-4-1)12-7-13-15-10-5-2-6-11-15;1-2-4-5-3-1;;;/h13-27H,11-12H2,1-10H3;1-6,8-11H,12-13H2;1-3H,4H2;2*1H;/q-1;;-1;;;+2/p-2. The number of fused-ring (bicyclic) bond motifs is 3. The van der Waals surface area contributed by atoms with Gasteiger partial charge in [0.05, 0.1) is 0 Å². The topological polar surface area (TPSA) is 0 Å². The van der Waals surface area contributed by atoms with E-state index in [2.05, 4.69) is 221 Å². The molecule has 0 amide bonds. The molecular weight excluding hydrogens is 895 g/mol. The molecule has 0 radical (unpaired) electrons. The average molecular weight is 963 g/mol. The number of rotatable bonds is 10. The van der Waals surface area contributed by atoms with Gasteiger partial charge in [-0.2, -0.15) is 6.08 Å². The summed E-state index contributed by atoms with van der Waals surface area (Å²) in [6, 6.07) is 52.0. The van der Waals surface area contributed by atoms with Crippen molar-refractivity contribution in [1.29, 1.82) is 0 Å². The number of halogens is 2. The van der Waals surface area contributed by atoms with Crippen molar-refractivity contribution < 1.29 is 49.0 Å². The van der Waals surface area contributed by atoms with Crippen LogP contribution in [0.2, 0.25) is 0 Å². The zero-order valence-corrected chi connectivity index (χ0v) is 43.9. The van der Waals surface area contributed by atoms with Gasteiger partial charge in [-0.05, 0) is 80.0 Å². The summed E-state index contributed by atoms with van der Waals surface area (Å²) in [5.41, 5.74) is 14.2. The maximum atomic E-state index is 2.99. The molecule has 0 aliphatic heterocycles. The van der Waals surface area contributed by atoms with Crippen molar-refractivity contribution in [2.24, 2.45) is 0 Å². The van der Waals surface area contributed by atoms with Crippen molar-refractivity contribution in [3.05, 3.63) is 197 Å². The van der Waals surface area contributed by atoms with Crippen LogP contribution in [0.25, 0.3) is 43.8 Å². The van der Waals surface area contributed by atoms with Gasteiger partial charge < -0.3 is 24.8 Å². The molecule has 0 spiro atoms. The summed E-state index contributed by atoms with van der Waals surface area (Å²) in [5, 5.41) is 5.44. The van der Waals surface area contributed by atoms with Gasteiger partial charge in [0.2, 0.25) is 0 Å². The van der Waals surface area contributed by atoms with Crippen LogP contribution < -0.4 is 24.8 Å². The Hall–Kier alpha value is -4.00. The minimum atomic E-state index is 0. The molecule has 7 aromatic carbocycles. The van der Waals surface area contributed by atoms with Crippen LogP contribution in [0.4, 0.5) is 0 Å². The predicted molar refractivity (Wildman–Crippen MR) is 270 cm³/mol. The fraction of sp³-hybridized carbons (Fsp3) is 0.311. The van der Waals surface area contributed by atoms with Crippen LogP contribution in [-0.2, 0) is 47.9 Å². The molecule has 332 valence electrons. The molecule has 0 saturated heterocycles. The van der Waals surface area contributed by atoms with E-state index in [-0.39, 0.29) is 35.6 Å². The van der Waals surface area contributed by atoms with Gasteiger partial charge in [-0.25, -0.2) is 12.2 Å². The van der Waals surface area contributed by atoms with Crippen LogP contribution in [0.1, 0.15) is 134 Å². The molecule has 0 fully saturated rings. The van der Waals surface area contributed by atoms with Crippen molar-refractivity contribution in [1.82, 2.24) is 0 Å². The van der Waals surface area contributed by atoms with Crippen LogP contribution in [0.5, 0.6) is 0 Å². The Balaban J connectivity index is 0.000000321. The van der Waals surface area contributed by atoms with Gasteiger partial charge in [0, 0.05) is 0 Å². The van der Waals surface area contributed by atoms with Gasteiger partial charge >= 0.3 is 112 Å². The molecule has 8 rings (SSSR count). The zero-order valence-electron chi connectivity index (χ0n) is 40.0. The molecule has 64 heavy (non-hydrogen) atoms. The summed E-state index contributed by atoms with van der Waals surface area (Å²) in [6.07, 6.45) is 14.5. The second kappa shape index (κ2) is 24.0. The van der Waals surface area contributed by atoms with Crippen LogP contribution in [0.15, 0.2) is 158 Å². The third-order valence-corrected chi connectivity index (χ3v) is 13.4. The van der Waals surface area contributed by atoms with Crippen LogP contribution in [0, 0.1) is 6.08 Å². The number of benzene rings is 6. The van der Waals surface area contributed by atoms with E-state index in [4.69, 9.17) is 0 Å². The van der Waals surface area contributed by atoms with Gasteiger partial charge in [-0.3, -0.25) is 6.08 Å². The van der Waals surface area contributed by atoms with E-state index in [0.29, 0.717) is 11.8 Å². The summed E-state index contributed by atoms with van der Waals surface area (Å²) < 4.78 is 1.60. The SMILES string of the molecule is CCC(C)c1ccccc1-c1cc2[cH-]c3cc(-c4ccccc4C(C)CC)c(C(C)(C)C)cc3c2cc1C(C)(C)C.[C-]1=CC=CC1.[Cl-].[Cl-].[Zr+2]=[C](Cc1ccccc1)Cc1ccccc1. The molecule has 0 saturated carbocycles. The van der Waals surface area contributed by atoms with Crippen molar-refractivity contribution >= 4 is 24.8 Å². The Kier molecular flexibility index (Phi) is 19.7. The molecule has 0 nitrogen and oxygen atoms in total. The molecule has 3 heteroatoms. The first-order valence-corrected chi connectivity index (χ1v) is 24.2. The molecule has 7 aromatic rings. The monoisotopic (exact) mass is 960 g/mol. The average Bonchev–Trinajstić information content (AvgIpc) is 3.97. The summed E-state index contributed by atoms with van der Waals surface area (Å²) >= 11 is 1.55. The van der Waals surface area contributed by atoms with Gasteiger partial charge in [-0.1, -0.05) is 130 Å². The molecule has 0 bridgehead atoms. The molecular formula is C61H68Cl2Zr-2. The van der Waals surface area contributed by atoms with Crippen molar-refractivity contribution in [2.45, 2.75) is 124 Å². The zero-order chi connectivity index (χ0) is 44.4. The Morgan fingerprint density at radius 3 is 1.28 bits per heavy atom. The second-order valence-electron chi connectivity index (χ2n) is 19.3. The predicted octanol–water partition coefficient (Wildman–Crippen LogP) is 11.2. The summed E-state index contributed by atoms with van der Waals surface area (Å²) in [7, 11) is 0. The van der Waals surface area contributed by atoms with Crippen LogP contribution in [0.3, 0.4) is 0 Å².